The summed E-state index contributed by atoms with van der Waals surface area (Å²) in [5, 5.41) is 40.2. The molecule has 1 unspecified atom stereocenters. The van der Waals surface area contributed by atoms with E-state index in [1.807, 2.05) is 0 Å². The third kappa shape index (κ3) is 28.2. The smallest absolute Gasteiger partial charge is 0.472 e. The van der Waals surface area contributed by atoms with Gasteiger partial charge >= 0.3 is 25.7 Å². The number of Topliss-reactive ketones (excluding diaryl/α,β-unsaturated/α-hetero) is 1. The summed E-state index contributed by atoms with van der Waals surface area (Å²) < 4.78 is 32.6. The summed E-state index contributed by atoms with van der Waals surface area (Å²) in [6, 6.07) is -1.58. The molecule has 1 rings (SSSR count). The minimum absolute atomic E-state index is 0.0342. The zero-order chi connectivity index (χ0) is 44.6. The van der Waals surface area contributed by atoms with Crippen LogP contribution in [0, 0.1) is 11.8 Å². The van der Waals surface area contributed by atoms with Crippen LogP contribution in [-0.2, 0) is 42.3 Å². The number of carboxylic acids is 1. The highest BCUT2D eigenvalue weighted by Gasteiger charge is 2.41. The molecule has 348 valence electrons. The molecule has 0 saturated heterocycles. The van der Waals surface area contributed by atoms with E-state index in [2.05, 4.69) is 30.5 Å². The maximum absolute atomic E-state index is 12.9. The van der Waals surface area contributed by atoms with E-state index in [9.17, 15) is 44.0 Å². The van der Waals surface area contributed by atoms with Crippen molar-refractivity contribution in [1.29, 1.82) is 0 Å². The maximum atomic E-state index is 12.9. The van der Waals surface area contributed by atoms with Crippen LogP contribution in [0.1, 0.15) is 168 Å². The summed E-state index contributed by atoms with van der Waals surface area (Å²) in [4.78, 5) is 59.1. The number of hydrogen-bond donors (Lipinski definition) is 6. The van der Waals surface area contributed by atoms with Gasteiger partial charge in [0.05, 0.1) is 31.5 Å². The highest BCUT2D eigenvalue weighted by atomic mass is 31.2. The van der Waals surface area contributed by atoms with Gasteiger partial charge in [0.1, 0.15) is 18.4 Å². The molecule has 0 amide bonds. The average molecular weight is 876 g/mol. The zero-order valence-corrected chi connectivity index (χ0v) is 37.3. The first kappa shape index (κ1) is 55.5. The standard InChI is InChI=1S/C44H78NO14P/c1-3-5-7-8-9-10-11-12-13-14-15-16-17-18-20-25-42(50)56-31-36(32-57-60(54,55)58-33-39(45)44(52)53)59-43(51)26-22-21-24-35(47)29-38-37(40(48)30-41(38)49)28-27-34(46)23-19-6-4-2/h10-11,27-28,34,36-41,46,48-49H,3-9,12-26,29-33,45H2,1-2H3,(H,52,53)(H,54,55)/b11-10-,28-27+/t34-,36+,37+,38+,39-,40+,41-/m0/s1. The van der Waals surface area contributed by atoms with Crippen LogP contribution in [0.5, 0.6) is 0 Å². The molecule has 8 atom stereocenters. The van der Waals surface area contributed by atoms with Crippen molar-refractivity contribution in [2.24, 2.45) is 17.6 Å². The van der Waals surface area contributed by atoms with Gasteiger partial charge in [-0.2, -0.15) is 0 Å². The Kier molecular flexibility index (Phi) is 31.5. The lowest BCUT2D eigenvalue weighted by Gasteiger charge is -2.21. The van der Waals surface area contributed by atoms with E-state index >= 15 is 0 Å². The van der Waals surface area contributed by atoms with Crippen molar-refractivity contribution < 1.29 is 67.6 Å². The molecule has 0 aromatic carbocycles. The van der Waals surface area contributed by atoms with Gasteiger partial charge in [0, 0.05) is 43.9 Å². The highest BCUT2D eigenvalue weighted by molar-refractivity contribution is 7.47. The number of carbonyl (C=O) groups excluding carboxylic acids is 3. The van der Waals surface area contributed by atoms with E-state index in [-0.39, 0.29) is 44.3 Å². The van der Waals surface area contributed by atoms with Crippen molar-refractivity contribution in [2.45, 2.75) is 198 Å². The SMILES string of the molecule is CCCCCC/C=C\CCCCCCCCCC(=O)OC[C@H](COP(=O)(O)OC[C@H](N)C(=O)O)OC(=O)CCCCC(=O)C[C@@H]1[C@@H](/C=C/[C@@H](O)CCCCC)[C@H](O)C[C@@H]1O. The lowest BCUT2D eigenvalue weighted by molar-refractivity contribution is -0.161. The van der Waals surface area contributed by atoms with Gasteiger partial charge in [-0.15, -0.1) is 0 Å². The molecule has 0 aromatic heterocycles. The third-order valence-corrected chi connectivity index (χ3v) is 11.6. The number of esters is 2. The molecule has 60 heavy (non-hydrogen) atoms. The highest BCUT2D eigenvalue weighted by Crippen LogP contribution is 2.43. The molecule has 1 saturated carbocycles. The number of allylic oxidation sites excluding steroid dienone is 2. The number of hydrogen-bond acceptors (Lipinski definition) is 13. The van der Waals surface area contributed by atoms with Crippen LogP contribution in [0.4, 0.5) is 0 Å². The first-order valence-corrected chi connectivity index (χ1v) is 24.0. The molecule has 0 bridgehead atoms. The molecule has 0 aromatic rings. The number of phosphoric ester groups is 1. The largest absolute Gasteiger partial charge is 0.480 e. The fraction of sp³-hybridized carbons (Fsp3) is 0.818. The molecule has 1 aliphatic carbocycles. The van der Waals surface area contributed by atoms with Gasteiger partial charge in [-0.1, -0.05) is 109 Å². The van der Waals surface area contributed by atoms with Crippen LogP contribution in [0.3, 0.4) is 0 Å². The molecular weight excluding hydrogens is 797 g/mol. The molecule has 16 heteroatoms. The molecule has 0 heterocycles. The van der Waals surface area contributed by atoms with E-state index in [0.717, 1.165) is 57.8 Å². The predicted molar refractivity (Wildman–Crippen MR) is 229 cm³/mol. The van der Waals surface area contributed by atoms with Crippen molar-refractivity contribution >= 4 is 31.5 Å². The molecule has 0 radical (unpaired) electrons. The van der Waals surface area contributed by atoms with Crippen LogP contribution >= 0.6 is 7.82 Å². The zero-order valence-electron chi connectivity index (χ0n) is 36.4. The topological polar surface area (TPSA) is 249 Å². The summed E-state index contributed by atoms with van der Waals surface area (Å²) in [5.74, 6) is -3.83. The van der Waals surface area contributed by atoms with Crippen LogP contribution < -0.4 is 5.73 Å². The third-order valence-electron chi connectivity index (χ3n) is 10.7. The average Bonchev–Trinajstić information content (AvgIpc) is 3.47. The lowest BCUT2D eigenvalue weighted by Crippen LogP contribution is -2.34. The quantitative estimate of drug-likeness (QED) is 0.0153. The summed E-state index contributed by atoms with van der Waals surface area (Å²) in [6.45, 7) is 2.30. The Labute approximate surface area is 358 Å². The Morgan fingerprint density at radius 2 is 1.28 bits per heavy atom. The number of aliphatic carboxylic acids is 1. The predicted octanol–water partition coefficient (Wildman–Crippen LogP) is 7.40. The van der Waals surface area contributed by atoms with Crippen molar-refractivity contribution in [3.8, 4) is 0 Å². The number of aliphatic hydroxyl groups is 3. The Morgan fingerprint density at radius 3 is 1.93 bits per heavy atom. The number of ketones is 1. The molecule has 1 fully saturated rings. The van der Waals surface area contributed by atoms with Crippen molar-refractivity contribution in [3.63, 3.8) is 0 Å². The number of unbranched alkanes of at least 4 members (excludes halogenated alkanes) is 14. The van der Waals surface area contributed by atoms with Crippen molar-refractivity contribution in [2.75, 3.05) is 19.8 Å². The van der Waals surface area contributed by atoms with Gasteiger partial charge < -0.3 is 40.5 Å². The number of carboxylic acid groups (broad SMARTS) is 1. The van der Waals surface area contributed by atoms with E-state index in [1.165, 1.54) is 38.5 Å². The van der Waals surface area contributed by atoms with Gasteiger partial charge in [0.15, 0.2) is 6.10 Å². The van der Waals surface area contributed by atoms with Gasteiger partial charge in [-0.25, -0.2) is 4.57 Å². The Bertz CT molecular complexity index is 1300. The van der Waals surface area contributed by atoms with E-state index < -0.39 is 87.8 Å². The maximum Gasteiger partial charge on any atom is 0.472 e. The number of phosphoric acid groups is 1. The van der Waals surface area contributed by atoms with Crippen LogP contribution in [0.15, 0.2) is 24.3 Å². The summed E-state index contributed by atoms with van der Waals surface area (Å²) >= 11 is 0. The van der Waals surface area contributed by atoms with E-state index in [4.69, 9.17) is 24.8 Å². The van der Waals surface area contributed by atoms with E-state index in [0.29, 0.717) is 19.3 Å². The molecular formula is C44H78NO14P. The van der Waals surface area contributed by atoms with Crippen LogP contribution in [-0.4, -0.2) is 99.3 Å². The fourth-order valence-electron chi connectivity index (χ4n) is 7.00. The van der Waals surface area contributed by atoms with Crippen molar-refractivity contribution in [3.05, 3.63) is 24.3 Å². The number of rotatable bonds is 38. The second-order valence-corrected chi connectivity index (χ2v) is 17.6. The first-order chi connectivity index (χ1) is 28.7. The summed E-state index contributed by atoms with van der Waals surface area (Å²) in [7, 11) is -4.82. The number of ether oxygens (including phenoxy) is 2. The second kappa shape index (κ2) is 34.1. The van der Waals surface area contributed by atoms with Gasteiger partial charge in [0.25, 0.3) is 0 Å². The number of aliphatic hydroxyl groups excluding tert-OH is 3. The van der Waals surface area contributed by atoms with Crippen LogP contribution in [0.2, 0.25) is 0 Å². The minimum atomic E-state index is -4.82. The monoisotopic (exact) mass is 876 g/mol. The molecule has 0 aliphatic heterocycles. The summed E-state index contributed by atoms with van der Waals surface area (Å²) in [5.41, 5.74) is 5.32. The summed E-state index contributed by atoms with van der Waals surface area (Å²) in [6.07, 6.45) is 23.0. The normalized spacial score (nSPS) is 20.6. The Morgan fingerprint density at radius 1 is 0.733 bits per heavy atom. The Hall–Kier alpha value is -2.49. The number of nitrogens with two attached hydrogens (primary N) is 1. The molecule has 7 N–H and O–H groups in total. The van der Waals surface area contributed by atoms with E-state index in [1.54, 1.807) is 12.2 Å². The van der Waals surface area contributed by atoms with Crippen LogP contribution in [0.25, 0.3) is 0 Å². The van der Waals surface area contributed by atoms with Gasteiger partial charge in [0.2, 0.25) is 0 Å². The molecule has 0 spiro atoms. The lowest BCUT2D eigenvalue weighted by atomic mass is 9.87. The number of carbonyl (C=O) groups is 4. The minimum Gasteiger partial charge on any atom is -0.480 e. The fourth-order valence-corrected chi connectivity index (χ4v) is 7.77. The Balaban J connectivity index is 2.52. The molecule has 1 aliphatic rings. The molecule has 15 nitrogen and oxygen atoms in total. The van der Waals surface area contributed by atoms with Gasteiger partial charge in [-0.05, 0) is 51.4 Å². The second-order valence-electron chi connectivity index (χ2n) is 16.1. The first-order valence-electron chi connectivity index (χ1n) is 22.5. The van der Waals surface area contributed by atoms with Crippen molar-refractivity contribution in [1.82, 2.24) is 0 Å². The van der Waals surface area contributed by atoms with Gasteiger partial charge in [-0.3, -0.25) is 28.2 Å².